The lowest BCUT2D eigenvalue weighted by Gasteiger charge is -2.18. The van der Waals surface area contributed by atoms with Gasteiger partial charge in [0.1, 0.15) is 5.75 Å². The smallest absolute Gasteiger partial charge is 0.339 e. The second kappa shape index (κ2) is 9.05. The molecule has 0 unspecified atom stereocenters. The van der Waals surface area contributed by atoms with Crippen molar-refractivity contribution < 1.29 is 19.1 Å². The maximum Gasteiger partial charge on any atom is 0.339 e. The fraction of sp³-hybridized carbons (Fsp3) is 0.182. The number of carbonyl (C=O) groups excluding carboxylic acids is 2. The maximum absolute atomic E-state index is 12.3. The third kappa shape index (κ3) is 4.81. The van der Waals surface area contributed by atoms with Crippen molar-refractivity contribution in [2.45, 2.75) is 6.54 Å². The van der Waals surface area contributed by atoms with Crippen LogP contribution in [-0.4, -0.2) is 37.5 Å². The van der Waals surface area contributed by atoms with Gasteiger partial charge in [0.05, 0.1) is 12.7 Å². The van der Waals surface area contributed by atoms with E-state index in [9.17, 15) is 9.59 Å². The minimum absolute atomic E-state index is 0.255. The average molecular weight is 489 g/mol. The fourth-order valence-electron chi connectivity index (χ4n) is 2.80. The standard InChI is InChI=1S/C22H20INO4/c1-24(21(25)14-28-22(26)19-5-3-4-6-20(19)23)13-15-7-8-17-12-18(27-2)10-9-16(17)11-15/h3-12H,13-14H2,1-2H3. The van der Waals surface area contributed by atoms with E-state index >= 15 is 0 Å². The van der Waals surface area contributed by atoms with Crippen molar-refractivity contribution in [3.05, 3.63) is 75.4 Å². The number of amides is 1. The van der Waals surface area contributed by atoms with Gasteiger partial charge in [0.15, 0.2) is 6.61 Å². The Morgan fingerprint density at radius 1 is 1.00 bits per heavy atom. The van der Waals surface area contributed by atoms with Crippen molar-refractivity contribution in [2.24, 2.45) is 0 Å². The summed E-state index contributed by atoms with van der Waals surface area (Å²) in [6, 6.07) is 19.0. The van der Waals surface area contributed by atoms with Gasteiger partial charge in [-0.15, -0.1) is 0 Å². The molecular formula is C22H20INO4. The van der Waals surface area contributed by atoms with Crippen LogP contribution in [0.2, 0.25) is 0 Å². The number of esters is 1. The number of methoxy groups -OCH3 is 1. The molecule has 28 heavy (non-hydrogen) atoms. The van der Waals surface area contributed by atoms with Crippen molar-refractivity contribution >= 4 is 45.2 Å². The van der Waals surface area contributed by atoms with Gasteiger partial charge in [-0.3, -0.25) is 4.79 Å². The van der Waals surface area contributed by atoms with Crippen molar-refractivity contribution in [1.82, 2.24) is 4.90 Å². The van der Waals surface area contributed by atoms with Crippen LogP contribution < -0.4 is 4.74 Å². The zero-order valence-corrected chi connectivity index (χ0v) is 17.8. The van der Waals surface area contributed by atoms with Crippen LogP contribution in [0.5, 0.6) is 5.75 Å². The summed E-state index contributed by atoms with van der Waals surface area (Å²) in [5.74, 6) is 0.0583. The highest BCUT2D eigenvalue weighted by Crippen LogP contribution is 2.22. The summed E-state index contributed by atoms with van der Waals surface area (Å²) >= 11 is 2.07. The Balaban J connectivity index is 1.60. The number of carbonyl (C=O) groups is 2. The first-order valence-electron chi connectivity index (χ1n) is 8.70. The Morgan fingerprint density at radius 2 is 1.71 bits per heavy atom. The largest absolute Gasteiger partial charge is 0.497 e. The summed E-state index contributed by atoms with van der Waals surface area (Å²) in [5.41, 5.74) is 1.46. The number of benzene rings is 3. The fourth-order valence-corrected chi connectivity index (χ4v) is 3.41. The maximum atomic E-state index is 12.3. The van der Waals surface area contributed by atoms with E-state index in [1.54, 1.807) is 31.2 Å². The summed E-state index contributed by atoms with van der Waals surface area (Å²) in [4.78, 5) is 26.0. The molecule has 0 aromatic heterocycles. The van der Waals surface area contributed by atoms with Gasteiger partial charge in [-0.1, -0.05) is 30.3 Å². The van der Waals surface area contributed by atoms with E-state index in [0.717, 1.165) is 25.7 Å². The molecule has 0 fully saturated rings. The minimum Gasteiger partial charge on any atom is -0.497 e. The number of nitrogens with zero attached hydrogens (tertiary/aromatic N) is 1. The molecule has 0 atom stereocenters. The molecule has 0 radical (unpaired) electrons. The van der Waals surface area contributed by atoms with Crippen molar-refractivity contribution in [2.75, 3.05) is 20.8 Å². The average Bonchev–Trinajstić information content (AvgIpc) is 2.71. The molecule has 3 rings (SSSR count). The second-order valence-corrected chi connectivity index (χ2v) is 7.52. The predicted molar refractivity (Wildman–Crippen MR) is 116 cm³/mol. The number of hydrogen-bond acceptors (Lipinski definition) is 4. The third-order valence-corrected chi connectivity index (χ3v) is 5.32. The molecule has 3 aromatic rings. The molecule has 3 aromatic carbocycles. The van der Waals surface area contributed by atoms with Crippen molar-refractivity contribution in [3.63, 3.8) is 0 Å². The molecule has 0 N–H and O–H groups in total. The first kappa shape index (κ1) is 20.1. The quantitative estimate of drug-likeness (QED) is 0.384. The molecule has 0 aliphatic rings. The number of likely N-dealkylation sites (N-methyl/N-ethyl adjacent to an activating group) is 1. The van der Waals surface area contributed by atoms with Gasteiger partial charge in [0.25, 0.3) is 5.91 Å². The highest BCUT2D eigenvalue weighted by Gasteiger charge is 2.15. The van der Waals surface area contributed by atoms with Gasteiger partial charge in [0, 0.05) is 17.2 Å². The van der Waals surface area contributed by atoms with Gasteiger partial charge in [0.2, 0.25) is 0 Å². The Kier molecular flexibility index (Phi) is 6.51. The van der Waals surface area contributed by atoms with E-state index in [-0.39, 0.29) is 12.5 Å². The lowest BCUT2D eigenvalue weighted by atomic mass is 10.1. The first-order chi connectivity index (χ1) is 13.5. The van der Waals surface area contributed by atoms with Crippen molar-refractivity contribution in [3.8, 4) is 5.75 Å². The van der Waals surface area contributed by atoms with E-state index in [0.29, 0.717) is 12.1 Å². The highest BCUT2D eigenvalue weighted by atomic mass is 127. The molecule has 144 valence electrons. The predicted octanol–water partition coefficient (Wildman–Crippen LogP) is 4.27. The summed E-state index contributed by atoms with van der Waals surface area (Å²) < 4.78 is 11.2. The number of ether oxygens (including phenoxy) is 2. The Morgan fingerprint density at radius 3 is 2.46 bits per heavy atom. The molecule has 0 spiro atoms. The van der Waals surface area contributed by atoms with Gasteiger partial charge in [-0.2, -0.15) is 0 Å². The van der Waals surface area contributed by atoms with Gasteiger partial charge < -0.3 is 14.4 Å². The van der Waals surface area contributed by atoms with Gasteiger partial charge in [-0.25, -0.2) is 4.79 Å². The molecule has 6 heteroatoms. The van der Waals surface area contributed by atoms with E-state index < -0.39 is 5.97 Å². The number of rotatable bonds is 6. The van der Waals surface area contributed by atoms with Crippen LogP contribution in [0.25, 0.3) is 10.8 Å². The molecular weight excluding hydrogens is 469 g/mol. The molecule has 5 nitrogen and oxygen atoms in total. The zero-order chi connectivity index (χ0) is 20.1. The van der Waals surface area contributed by atoms with E-state index in [2.05, 4.69) is 22.6 Å². The van der Waals surface area contributed by atoms with E-state index in [4.69, 9.17) is 9.47 Å². The summed E-state index contributed by atoms with van der Waals surface area (Å²) in [6.45, 7) is 0.145. The van der Waals surface area contributed by atoms with Crippen LogP contribution in [0.3, 0.4) is 0 Å². The van der Waals surface area contributed by atoms with Gasteiger partial charge >= 0.3 is 5.97 Å². The molecule has 0 saturated carbocycles. The zero-order valence-electron chi connectivity index (χ0n) is 15.6. The monoisotopic (exact) mass is 489 g/mol. The van der Waals surface area contributed by atoms with Gasteiger partial charge in [-0.05, 0) is 69.3 Å². The SMILES string of the molecule is COc1ccc2cc(CN(C)C(=O)COC(=O)c3ccccc3I)ccc2c1. The second-order valence-electron chi connectivity index (χ2n) is 6.35. The number of hydrogen-bond donors (Lipinski definition) is 0. The van der Waals surface area contributed by atoms with Crippen LogP contribution in [0.1, 0.15) is 15.9 Å². The molecule has 0 bridgehead atoms. The van der Waals surface area contributed by atoms with Crippen LogP contribution >= 0.6 is 22.6 Å². The summed E-state index contributed by atoms with van der Waals surface area (Å²) in [7, 11) is 3.34. The molecule has 1 amide bonds. The molecule has 0 heterocycles. The van der Waals surface area contributed by atoms with Crippen LogP contribution in [0.15, 0.2) is 60.7 Å². The Labute approximate surface area is 177 Å². The van der Waals surface area contributed by atoms with E-state index in [1.165, 1.54) is 0 Å². The Bertz CT molecular complexity index is 1020. The molecule has 0 aliphatic heterocycles. The van der Waals surface area contributed by atoms with Crippen LogP contribution in [0.4, 0.5) is 0 Å². The third-order valence-electron chi connectivity index (χ3n) is 4.38. The summed E-state index contributed by atoms with van der Waals surface area (Å²) in [5, 5.41) is 2.15. The summed E-state index contributed by atoms with van der Waals surface area (Å²) in [6.07, 6.45) is 0. The lowest BCUT2D eigenvalue weighted by Crippen LogP contribution is -2.30. The van der Waals surface area contributed by atoms with Crippen LogP contribution in [-0.2, 0) is 16.1 Å². The highest BCUT2D eigenvalue weighted by molar-refractivity contribution is 14.1. The van der Waals surface area contributed by atoms with Crippen LogP contribution in [0, 0.1) is 3.57 Å². The topological polar surface area (TPSA) is 55.8 Å². The Hall–Kier alpha value is -2.61. The number of fused-ring (bicyclic) bond motifs is 1. The molecule has 0 saturated heterocycles. The lowest BCUT2D eigenvalue weighted by molar-refractivity contribution is -0.133. The van der Waals surface area contributed by atoms with Crippen molar-refractivity contribution in [1.29, 1.82) is 0 Å². The minimum atomic E-state index is -0.494. The number of halogens is 1. The molecule has 0 aliphatic carbocycles. The normalized spacial score (nSPS) is 10.5. The first-order valence-corrected chi connectivity index (χ1v) is 9.78. The van der Waals surface area contributed by atoms with E-state index in [1.807, 2.05) is 48.5 Å².